The van der Waals surface area contributed by atoms with Crippen LogP contribution in [-0.4, -0.2) is 34.2 Å². The number of carboxylic acid groups (broad SMARTS) is 1. The van der Waals surface area contributed by atoms with Crippen LogP contribution in [0.15, 0.2) is 0 Å². The average Bonchev–Trinajstić information content (AvgIpc) is 2.24. The van der Waals surface area contributed by atoms with E-state index in [0.717, 1.165) is 25.7 Å². The molecule has 0 aliphatic carbocycles. The summed E-state index contributed by atoms with van der Waals surface area (Å²) in [6, 6.07) is 0. The molecule has 0 fully saturated rings. The van der Waals surface area contributed by atoms with Gasteiger partial charge in [0.2, 0.25) is 0 Å². The van der Waals surface area contributed by atoms with Crippen LogP contribution in [-0.2, 0) is 9.59 Å². The van der Waals surface area contributed by atoms with E-state index in [-0.39, 0.29) is 23.1 Å². The normalized spacial score (nSPS) is 10.8. The molecule has 0 unspecified atom stereocenters. The van der Waals surface area contributed by atoms with Crippen LogP contribution >= 0.6 is 0 Å². The van der Waals surface area contributed by atoms with Gasteiger partial charge in [0, 0.05) is 6.42 Å². The smallest absolute Gasteiger partial charge is 0.317 e. The summed E-state index contributed by atoms with van der Waals surface area (Å²) < 4.78 is 0. The lowest BCUT2D eigenvalue weighted by Gasteiger charge is -2.27. The third-order valence-electron chi connectivity index (χ3n) is 3.05. The first-order valence-electron chi connectivity index (χ1n) is 6.31. The van der Waals surface area contributed by atoms with E-state index >= 15 is 0 Å². The lowest BCUT2D eigenvalue weighted by molar-refractivity contribution is -0.156. The zero-order chi connectivity index (χ0) is 12.6. The Morgan fingerprint density at radius 2 is 1.47 bits per heavy atom. The van der Waals surface area contributed by atoms with E-state index in [9.17, 15) is 14.7 Å². The minimum atomic E-state index is -1.11. The van der Waals surface area contributed by atoms with Gasteiger partial charge < -0.3 is 5.11 Å². The van der Waals surface area contributed by atoms with Crippen molar-refractivity contribution in [2.24, 2.45) is 5.41 Å². The third-order valence-corrected chi connectivity index (χ3v) is 3.05. The molecule has 0 aromatic heterocycles. The fraction of sp³-hybridized carbons (Fsp3) is 0.846. The van der Waals surface area contributed by atoms with Crippen LogP contribution in [0.2, 0.25) is 0 Å². The summed E-state index contributed by atoms with van der Waals surface area (Å²) in [5, 5.41) is 9.33. The number of Topliss-reactive ketones (excluding diaryl/α,β-unsaturated/α-hetero) is 1. The van der Waals surface area contributed by atoms with Crippen LogP contribution in [0.1, 0.15) is 65.7 Å². The van der Waals surface area contributed by atoms with Gasteiger partial charge in [0.1, 0.15) is 11.2 Å². The Labute approximate surface area is 115 Å². The number of hydrogen-bond donors (Lipinski definition) is 1. The van der Waals surface area contributed by atoms with Crippen molar-refractivity contribution in [3.05, 3.63) is 0 Å². The summed E-state index contributed by atoms with van der Waals surface area (Å²) in [5.41, 5.74) is -1.11. The highest BCUT2D eigenvalue weighted by atomic mass is 27.0. The average molecular weight is 258 g/mol. The summed E-state index contributed by atoms with van der Waals surface area (Å²) in [7, 11) is 0. The number of unbranched alkanes of at least 4 members (excludes halogenated alkanes) is 1. The highest BCUT2D eigenvalue weighted by Crippen LogP contribution is 2.33. The van der Waals surface area contributed by atoms with E-state index < -0.39 is 11.4 Å². The highest BCUT2D eigenvalue weighted by Gasteiger charge is 2.43. The van der Waals surface area contributed by atoms with Crippen LogP contribution < -0.4 is 0 Å². The molecule has 1 N–H and O–H groups in total. The molecule has 0 radical (unpaired) electrons. The lowest BCUT2D eigenvalue weighted by Crippen LogP contribution is -2.39. The standard InChI is InChI=1S/C13H24O3.Al.3H/c1-4-7-8-11(14)13(9-5-2,10-6-3)12(15)16;;;;/h4-10H2,1-3H3,(H,15,16);;;;. The molecule has 0 atom stereocenters. The number of rotatable bonds is 9. The van der Waals surface area contributed by atoms with Gasteiger partial charge in [-0.2, -0.15) is 0 Å². The molecule has 0 saturated carbocycles. The second-order valence-corrected chi connectivity index (χ2v) is 4.41. The minimum absolute atomic E-state index is 0. The first-order chi connectivity index (χ1) is 7.55. The molecule has 0 spiro atoms. The van der Waals surface area contributed by atoms with Gasteiger partial charge in [-0.05, 0) is 19.3 Å². The number of hydrogen-bond acceptors (Lipinski definition) is 2. The Morgan fingerprint density at radius 1 is 1.00 bits per heavy atom. The quantitative estimate of drug-likeness (QED) is 0.509. The van der Waals surface area contributed by atoms with Gasteiger partial charge >= 0.3 is 5.97 Å². The van der Waals surface area contributed by atoms with Gasteiger partial charge in [-0.15, -0.1) is 0 Å². The van der Waals surface area contributed by atoms with Crippen molar-refractivity contribution in [3.63, 3.8) is 0 Å². The van der Waals surface area contributed by atoms with Gasteiger partial charge in [0.15, 0.2) is 17.4 Å². The molecule has 0 aromatic rings. The molecule has 0 aliphatic heterocycles. The molecule has 17 heavy (non-hydrogen) atoms. The van der Waals surface area contributed by atoms with Crippen molar-refractivity contribution in [2.45, 2.75) is 65.7 Å². The molecule has 0 heterocycles. The fourth-order valence-electron chi connectivity index (χ4n) is 2.17. The summed E-state index contributed by atoms with van der Waals surface area (Å²) >= 11 is 0. The second-order valence-electron chi connectivity index (χ2n) is 4.41. The molecule has 0 bridgehead atoms. The lowest BCUT2D eigenvalue weighted by atomic mass is 9.74. The fourth-order valence-corrected chi connectivity index (χ4v) is 2.17. The van der Waals surface area contributed by atoms with Crippen LogP contribution in [0.3, 0.4) is 0 Å². The topological polar surface area (TPSA) is 54.4 Å². The van der Waals surface area contributed by atoms with E-state index in [0.29, 0.717) is 19.3 Å². The highest BCUT2D eigenvalue weighted by molar-refractivity contribution is 6.03. The Bertz CT molecular complexity index is 233. The molecule has 0 aliphatic rings. The number of aliphatic carboxylic acids is 1. The Balaban J connectivity index is 0. The molecular weight excluding hydrogens is 231 g/mol. The number of ketones is 1. The SMILES string of the molecule is CCCCC(=O)C(CCC)(CCC)C(=O)O.[AlH3]. The van der Waals surface area contributed by atoms with Crippen LogP contribution in [0, 0.1) is 5.41 Å². The monoisotopic (exact) mass is 258 g/mol. The molecule has 0 rings (SSSR count). The first kappa shape index (κ1) is 19.0. The third kappa shape index (κ3) is 5.23. The van der Waals surface area contributed by atoms with Gasteiger partial charge in [0.25, 0.3) is 0 Å². The zero-order valence-electron chi connectivity index (χ0n) is 10.7. The van der Waals surface area contributed by atoms with Crippen LogP contribution in [0.25, 0.3) is 0 Å². The maximum Gasteiger partial charge on any atom is 0.317 e. The maximum atomic E-state index is 12.1. The van der Waals surface area contributed by atoms with E-state index in [1.54, 1.807) is 0 Å². The van der Waals surface area contributed by atoms with Gasteiger partial charge in [-0.3, -0.25) is 9.59 Å². The minimum Gasteiger partial charge on any atom is -0.480 e. The summed E-state index contributed by atoms with van der Waals surface area (Å²) in [4.78, 5) is 23.4. The Hall–Kier alpha value is -0.328. The van der Waals surface area contributed by atoms with Crippen molar-refractivity contribution in [1.29, 1.82) is 0 Å². The largest absolute Gasteiger partial charge is 0.480 e. The Kier molecular flexibility index (Phi) is 10.8. The van der Waals surface area contributed by atoms with Gasteiger partial charge in [0.05, 0.1) is 0 Å². The predicted octanol–water partition coefficient (Wildman–Crippen LogP) is 2.23. The molecule has 0 aromatic carbocycles. The molecule has 100 valence electrons. The summed E-state index contributed by atoms with van der Waals surface area (Å²) in [6.07, 6.45) is 4.55. The van der Waals surface area contributed by atoms with Gasteiger partial charge in [-0.25, -0.2) is 0 Å². The van der Waals surface area contributed by atoms with Crippen molar-refractivity contribution in [1.82, 2.24) is 0 Å². The van der Waals surface area contributed by atoms with E-state index in [1.807, 2.05) is 20.8 Å². The number of carbonyl (C=O) groups is 2. The maximum absolute atomic E-state index is 12.1. The van der Waals surface area contributed by atoms with E-state index in [1.165, 1.54) is 0 Å². The first-order valence-corrected chi connectivity index (χ1v) is 6.31. The van der Waals surface area contributed by atoms with Crippen molar-refractivity contribution >= 4 is 29.1 Å². The van der Waals surface area contributed by atoms with Crippen molar-refractivity contribution in [3.8, 4) is 0 Å². The number of carboxylic acids is 1. The molecule has 4 heteroatoms. The van der Waals surface area contributed by atoms with Crippen LogP contribution in [0.5, 0.6) is 0 Å². The van der Waals surface area contributed by atoms with E-state index in [4.69, 9.17) is 0 Å². The summed E-state index contributed by atoms with van der Waals surface area (Å²) in [5.74, 6) is -1.01. The second kappa shape index (κ2) is 9.68. The molecular formula is C13H27AlO3. The van der Waals surface area contributed by atoms with Crippen molar-refractivity contribution < 1.29 is 14.7 Å². The number of carbonyl (C=O) groups excluding carboxylic acids is 1. The molecule has 3 nitrogen and oxygen atoms in total. The Morgan fingerprint density at radius 3 is 1.76 bits per heavy atom. The van der Waals surface area contributed by atoms with Gasteiger partial charge in [-0.1, -0.05) is 40.0 Å². The van der Waals surface area contributed by atoms with Crippen molar-refractivity contribution in [2.75, 3.05) is 0 Å². The predicted molar refractivity (Wildman–Crippen MR) is 74.4 cm³/mol. The summed E-state index contributed by atoms with van der Waals surface area (Å²) in [6.45, 7) is 5.87. The molecule has 0 amide bonds. The molecule has 0 saturated heterocycles. The van der Waals surface area contributed by atoms with E-state index in [2.05, 4.69) is 0 Å². The zero-order valence-corrected chi connectivity index (χ0v) is 10.7. The van der Waals surface area contributed by atoms with Crippen LogP contribution in [0.4, 0.5) is 0 Å².